The van der Waals surface area contributed by atoms with Gasteiger partial charge in [-0.15, -0.1) is 0 Å². The van der Waals surface area contributed by atoms with E-state index >= 15 is 0 Å². The van der Waals surface area contributed by atoms with E-state index in [1.165, 1.54) is 28.2 Å². The highest BCUT2D eigenvalue weighted by Gasteiger charge is 2.12. The van der Waals surface area contributed by atoms with Crippen molar-refractivity contribution >= 4 is 17.1 Å². The molecule has 3 rings (SSSR count). The Morgan fingerprint density at radius 1 is 0.524 bits per heavy atom. The average Bonchev–Trinajstić information content (AvgIpc) is 2.49. The first kappa shape index (κ1) is 13.4. The summed E-state index contributed by atoms with van der Waals surface area (Å²) in [6.45, 7) is 4.29. The molecule has 1 heteroatoms. The van der Waals surface area contributed by atoms with Crippen molar-refractivity contribution in [3.8, 4) is 0 Å². The van der Waals surface area contributed by atoms with Crippen LogP contribution in [-0.4, -0.2) is 0 Å². The lowest BCUT2D eigenvalue weighted by Gasteiger charge is -2.26. The lowest BCUT2D eigenvalue weighted by Crippen LogP contribution is -2.10. The molecule has 0 radical (unpaired) electrons. The standard InChI is InChI=1S/C20H19N/c1-16-13-17(2)15-20(14-16)21(18-9-5-3-6-10-18)19-11-7-4-8-12-19/h3-15H,1-2H3. The van der Waals surface area contributed by atoms with Crippen LogP contribution in [0.5, 0.6) is 0 Å². The Kier molecular flexibility index (Phi) is 3.74. The number of aryl methyl sites for hydroxylation is 2. The van der Waals surface area contributed by atoms with E-state index in [1.807, 2.05) is 12.1 Å². The lowest BCUT2D eigenvalue weighted by molar-refractivity contribution is 1.25. The first-order valence-electron chi connectivity index (χ1n) is 7.22. The van der Waals surface area contributed by atoms with Crippen LogP contribution in [-0.2, 0) is 0 Å². The Morgan fingerprint density at radius 2 is 0.952 bits per heavy atom. The van der Waals surface area contributed by atoms with E-state index in [9.17, 15) is 0 Å². The molecule has 0 atom stereocenters. The molecular weight excluding hydrogens is 254 g/mol. The predicted octanol–water partition coefficient (Wildman–Crippen LogP) is 5.77. The Hall–Kier alpha value is -2.54. The number of nitrogens with zero attached hydrogens (tertiary/aromatic N) is 1. The van der Waals surface area contributed by atoms with E-state index < -0.39 is 0 Å². The van der Waals surface area contributed by atoms with Crippen LogP contribution in [0.25, 0.3) is 0 Å². The zero-order valence-corrected chi connectivity index (χ0v) is 12.5. The number of hydrogen-bond acceptors (Lipinski definition) is 1. The molecular formula is C20H19N. The normalized spacial score (nSPS) is 10.4. The zero-order valence-electron chi connectivity index (χ0n) is 12.5. The van der Waals surface area contributed by atoms with Crippen LogP contribution in [0, 0.1) is 13.8 Å². The van der Waals surface area contributed by atoms with Crippen molar-refractivity contribution < 1.29 is 0 Å². The molecule has 0 fully saturated rings. The number of hydrogen-bond donors (Lipinski definition) is 0. The number of anilines is 3. The minimum absolute atomic E-state index is 1.17. The second-order valence-electron chi connectivity index (χ2n) is 5.35. The smallest absolute Gasteiger partial charge is 0.0466 e. The molecule has 0 aliphatic rings. The lowest BCUT2D eigenvalue weighted by atomic mass is 10.1. The van der Waals surface area contributed by atoms with Gasteiger partial charge in [-0.1, -0.05) is 42.5 Å². The molecule has 0 aromatic heterocycles. The summed E-state index contributed by atoms with van der Waals surface area (Å²) in [4.78, 5) is 2.29. The summed E-state index contributed by atoms with van der Waals surface area (Å²) >= 11 is 0. The maximum Gasteiger partial charge on any atom is 0.0466 e. The quantitative estimate of drug-likeness (QED) is 0.585. The minimum atomic E-state index is 1.17. The third-order valence-corrected chi connectivity index (χ3v) is 3.49. The summed E-state index contributed by atoms with van der Waals surface area (Å²) < 4.78 is 0. The molecule has 0 amide bonds. The first-order chi connectivity index (χ1) is 10.2. The van der Waals surface area contributed by atoms with Gasteiger partial charge >= 0.3 is 0 Å². The van der Waals surface area contributed by atoms with Gasteiger partial charge in [-0.05, 0) is 61.4 Å². The van der Waals surface area contributed by atoms with Crippen LogP contribution < -0.4 is 4.90 Å². The highest BCUT2D eigenvalue weighted by atomic mass is 15.1. The molecule has 104 valence electrons. The van der Waals surface area contributed by atoms with Crippen molar-refractivity contribution in [2.24, 2.45) is 0 Å². The fraction of sp³-hybridized carbons (Fsp3) is 0.100. The van der Waals surface area contributed by atoms with Crippen LogP contribution in [0.2, 0.25) is 0 Å². The van der Waals surface area contributed by atoms with E-state index in [1.54, 1.807) is 0 Å². The topological polar surface area (TPSA) is 3.24 Å². The molecule has 0 N–H and O–H groups in total. The van der Waals surface area contributed by atoms with Crippen LogP contribution in [0.1, 0.15) is 11.1 Å². The number of para-hydroxylation sites is 2. The SMILES string of the molecule is Cc1cc(C)cc(N(c2ccccc2)c2ccccc2)c1. The van der Waals surface area contributed by atoms with Crippen LogP contribution in [0.3, 0.4) is 0 Å². The van der Waals surface area contributed by atoms with E-state index in [0.717, 1.165) is 0 Å². The summed E-state index contributed by atoms with van der Waals surface area (Å²) in [6.07, 6.45) is 0. The average molecular weight is 273 g/mol. The summed E-state index contributed by atoms with van der Waals surface area (Å²) in [5, 5.41) is 0. The molecule has 0 heterocycles. The molecule has 0 spiro atoms. The third-order valence-electron chi connectivity index (χ3n) is 3.49. The summed E-state index contributed by atoms with van der Waals surface area (Å²) in [6, 6.07) is 27.6. The minimum Gasteiger partial charge on any atom is -0.310 e. The molecule has 0 aliphatic carbocycles. The third kappa shape index (κ3) is 2.97. The van der Waals surface area contributed by atoms with Crippen LogP contribution >= 0.6 is 0 Å². The van der Waals surface area contributed by atoms with Crippen molar-refractivity contribution in [1.29, 1.82) is 0 Å². The van der Waals surface area contributed by atoms with Crippen LogP contribution in [0.4, 0.5) is 17.1 Å². The van der Waals surface area contributed by atoms with Gasteiger partial charge in [-0.25, -0.2) is 0 Å². The van der Waals surface area contributed by atoms with E-state index in [4.69, 9.17) is 0 Å². The van der Waals surface area contributed by atoms with Gasteiger partial charge in [0, 0.05) is 17.1 Å². The van der Waals surface area contributed by atoms with E-state index in [2.05, 4.69) is 85.5 Å². The predicted molar refractivity (Wildman–Crippen MR) is 90.6 cm³/mol. The maximum atomic E-state index is 2.29. The Labute approximate surface area is 126 Å². The molecule has 0 bridgehead atoms. The molecule has 3 aromatic rings. The largest absolute Gasteiger partial charge is 0.310 e. The molecule has 0 saturated heterocycles. The summed E-state index contributed by atoms with van der Waals surface area (Å²) in [5.41, 5.74) is 6.11. The summed E-state index contributed by atoms with van der Waals surface area (Å²) in [7, 11) is 0. The van der Waals surface area contributed by atoms with Gasteiger partial charge in [-0.3, -0.25) is 0 Å². The van der Waals surface area contributed by atoms with Gasteiger partial charge in [0.1, 0.15) is 0 Å². The molecule has 21 heavy (non-hydrogen) atoms. The van der Waals surface area contributed by atoms with Gasteiger partial charge in [0.15, 0.2) is 0 Å². The van der Waals surface area contributed by atoms with Crippen molar-refractivity contribution in [1.82, 2.24) is 0 Å². The van der Waals surface area contributed by atoms with Gasteiger partial charge < -0.3 is 4.90 Å². The molecule has 0 unspecified atom stereocenters. The second-order valence-corrected chi connectivity index (χ2v) is 5.35. The Bertz CT molecular complexity index is 658. The second kappa shape index (κ2) is 5.84. The summed E-state index contributed by atoms with van der Waals surface area (Å²) in [5.74, 6) is 0. The molecule has 1 nitrogen and oxygen atoms in total. The van der Waals surface area contributed by atoms with Gasteiger partial charge in [-0.2, -0.15) is 0 Å². The molecule has 3 aromatic carbocycles. The van der Waals surface area contributed by atoms with Gasteiger partial charge in [0.05, 0.1) is 0 Å². The van der Waals surface area contributed by atoms with Crippen molar-refractivity contribution in [2.45, 2.75) is 13.8 Å². The Morgan fingerprint density at radius 3 is 1.38 bits per heavy atom. The molecule has 0 saturated carbocycles. The highest BCUT2D eigenvalue weighted by Crippen LogP contribution is 2.34. The van der Waals surface area contributed by atoms with E-state index in [-0.39, 0.29) is 0 Å². The highest BCUT2D eigenvalue weighted by molar-refractivity contribution is 5.76. The van der Waals surface area contributed by atoms with Crippen molar-refractivity contribution in [3.63, 3.8) is 0 Å². The maximum absolute atomic E-state index is 2.29. The monoisotopic (exact) mass is 273 g/mol. The fourth-order valence-corrected chi connectivity index (χ4v) is 2.68. The molecule has 0 aliphatic heterocycles. The fourth-order valence-electron chi connectivity index (χ4n) is 2.68. The Balaban J connectivity index is 2.17. The van der Waals surface area contributed by atoms with Gasteiger partial charge in [0.25, 0.3) is 0 Å². The number of benzene rings is 3. The number of rotatable bonds is 3. The first-order valence-corrected chi connectivity index (χ1v) is 7.22. The van der Waals surface area contributed by atoms with E-state index in [0.29, 0.717) is 0 Å². The zero-order chi connectivity index (χ0) is 14.7. The van der Waals surface area contributed by atoms with Crippen LogP contribution in [0.15, 0.2) is 78.9 Å². The van der Waals surface area contributed by atoms with Crippen molar-refractivity contribution in [2.75, 3.05) is 4.90 Å². The van der Waals surface area contributed by atoms with Gasteiger partial charge in [0.2, 0.25) is 0 Å². The van der Waals surface area contributed by atoms with Crippen molar-refractivity contribution in [3.05, 3.63) is 90.0 Å².